The summed E-state index contributed by atoms with van der Waals surface area (Å²) in [4.78, 5) is 20.5. The van der Waals surface area contributed by atoms with Crippen LogP contribution in [0.5, 0.6) is 0 Å². The van der Waals surface area contributed by atoms with Gasteiger partial charge in [-0.15, -0.1) is 0 Å². The average molecular weight is 678 g/mol. The number of hydrogen-bond donors (Lipinski definition) is 0. The maximum Gasteiger partial charge on any atom is 0.165 e. The molecule has 10 rings (SSSR count). The van der Waals surface area contributed by atoms with E-state index in [9.17, 15) is 0 Å². The Balaban J connectivity index is 1.08. The molecule has 0 aliphatic heterocycles. The van der Waals surface area contributed by atoms with Gasteiger partial charge in [-0.05, 0) is 58.7 Å². The zero-order valence-corrected chi connectivity index (χ0v) is 28.6. The van der Waals surface area contributed by atoms with Gasteiger partial charge < -0.3 is 0 Å². The predicted molar refractivity (Wildman–Crippen MR) is 216 cm³/mol. The van der Waals surface area contributed by atoms with Crippen LogP contribution in [0.25, 0.3) is 95.0 Å². The summed E-state index contributed by atoms with van der Waals surface area (Å²) in [6, 6.07) is 63.0. The molecule has 0 aliphatic carbocycles. The van der Waals surface area contributed by atoms with E-state index in [-0.39, 0.29) is 0 Å². The van der Waals surface area contributed by atoms with E-state index in [4.69, 9.17) is 19.9 Å². The van der Waals surface area contributed by atoms with Gasteiger partial charge in [0.05, 0.1) is 17.1 Å². The molecule has 10 aromatic rings. The zero-order valence-electron chi connectivity index (χ0n) is 28.6. The Morgan fingerprint density at radius 3 is 1.62 bits per heavy atom. The van der Waals surface area contributed by atoms with Crippen molar-refractivity contribution < 1.29 is 0 Å². The van der Waals surface area contributed by atoms with Gasteiger partial charge in [0.1, 0.15) is 11.2 Å². The molecular formula is C48H31N5. The molecule has 0 unspecified atom stereocenters. The molecule has 0 N–H and O–H groups in total. The second kappa shape index (κ2) is 12.8. The number of hydrogen-bond acceptors (Lipinski definition) is 4. The summed E-state index contributed by atoms with van der Waals surface area (Å²) in [5.41, 5.74) is 13.9. The molecule has 0 radical (unpaired) electrons. The summed E-state index contributed by atoms with van der Waals surface area (Å²) in [5.74, 6) is 0.676. The van der Waals surface area contributed by atoms with Gasteiger partial charge in [0.25, 0.3) is 0 Å². The summed E-state index contributed by atoms with van der Waals surface area (Å²) >= 11 is 0. The van der Waals surface area contributed by atoms with Crippen LogP contribution < -0.4 is 0 Å². The van der Waals surface area contributed by atoms with E-state index in [1.54, 1.807) is 0 Å². The molecule has 0 bridgehead atoms. The molecule has 0 atom stereocenters. The van der Waals surface area contributed by atoms with Gasteiger partial charge in [-0.3, -0.25) is 4.40 Å². The van der Waals surface area contributed by atoms with Crippen molar-refractivity contribution in [1.82, 2.24) is 24.3 Å². The molecule has 6 aromatic carbocycles. The third-order valence-electron chi connectivity index (χ3n) is 9.81. The van der Waals surface area contributed by atoms with Crippen LogP contribution >= 0.6 is 0 Å². The van der Waals surface area contributed by atoms with E-state index in [0.29, 0.717) is 5.82 Å². The van der Waals surface area contributed by atoms with Gasteiger partial charge in [0.15, 0.2) is 11.5 Å². The van der Waals surface area contributed by atoms with Crippen LogP contribution in [0.3, 0.4) is 0 Å². The van der Waals surface area contributed by atoms with Crippen LogP contribution in [0.15, 0.2) is 188 Å². The standard InChI is InChI=1S/C48H31N5/c1-3-14-32(15-4-1)34-18-11-21-37(28-34)43-31-42(33-16-5-2-6-17-33)49-47(50-43)39-23-13-20-36(30-39)35-19-12-22-38(29-35)45-40-24-7-8-25-41(40)46-48(52-45)53-27-10-9-26-44(53)51-46/h1-31H. The van der Waals surface area contributed by atoms with Gasteiger partial charge in [-0.25, -0.2) is 19.9 Å². The smallest absolute Gasteiger partial charge is 0.165 e. The number of imidazole rings is 1. The first-order valence-corrected chi connectivity index (χ1v) is 17.7. The van der Waals surface area contributed by atoms with Gasteiger partial charge in [-0.1, -0.05) is 146 Å². The minimum Gasteiger partial charge on any atom is -0.284 e. The Labute approximate surface area is 306 Å². The van der Waals surface area contributed by atoms with Crippen molar-refractivity contribution in [2.45, 2.75) is 0 Å². The van der Waals surface area contributed by atoms with Crippen molar-refractivity contribution in [3.8, 4) is 67.4 Å². The van der Waals surface area contributed by atoms with E-state index < -0.39 is 0 Å². The number of nitrogens with zero attached hydrogens (tertiary/aromatic N) is 5. The van der Waals surface area contributed by atoms with Crippen molar-refractivity contribution in [3.63, 3.8) is 0 Å². The largest absolute Gasteiger partial charge is 0.284 e. The molecule has 0 spiro atoms. The first kappa shape index (κ1) is 30.6. The average Bonchev–Trinajstić information content (AvgIpc) is 3.63. The van der Waals surface area contributed by atoms with Crippen molar-refractivity contribution in [1.29, 1.82) is 0 Å². The Hall–Kier alpha value is -7.24. The van der Waals surface area contributed by atoms with E-state index in [1.165, 1.54) is 5.56 Å². The van der Waals surface area contributed by atoms with E-state index in [1.807, 2.05) is 48.7 Å². The highest BCUT2D eigenvalue weighted by molar-refractivity contribution is 6.09. The molecule has 5 heteroatoms. The fraction of sp³-hybridized carbons (Fsp3) is 0. The Morgan fingerprint density at radius 2 is 0.868 bits per heavy atom. The number of benzene rings is 6. The minimum absolute atomic E-state index is 0.676. The fourth-order valence-corrected chi connectivity index (χ4v) is 7.21. The SMILES string of the molecule is c1ccc(-c2cccc(-c3cc(-c4ccccc4)nc(-c4cccc(-c5cccc(-c6nc7c(nc8ccccn87)c7ccccc67)c5)c4)n3)c2)cc1. The minimum atomic E-state index is 0.676. The molecule has 0 aliphatic rings. The second-order valence-corrected chi connectivity index (χ2v) is 13.2. The Bertz CT molecular complexity index is 2950. The summed E-state index contributed by atoms with van der Waals surface area (Å²) in [7, 11) is 0. The van der Waals surface area contributed by atoms with Gasteiger partial charge in [0.2, 0.25) is 0 Å². The first-order chi connectivity index (χ1) is 26.2. The number of pyridine rings is 2. The number of fused-ring (bicyclic) bond motifs is 5. The van der Waals surface area contributed by atoms with Crippen LogP contribution in [0.2, 0.25) is 0 Å². The molecule has 53 heavy (non-hydrogen) atoms. The third kappa shape index (κ3) is 5.61. The molecule has 4 heterocycles. The Kier molecular flexibility index (Phi) is 7.40. The third-order valence-corrected chi connectivity index (χ3v) is 9.81. The number of rotatable bonds is 6. The molecule has 0 saturated carbocycles. The normalized spacial score (nSPS) is 11.4. The molecule has 0 amide bonds. The van der Waals surface area contributed by atoms with Crippen molar-refractivity contribution in [2.24, 2.45) is 0 Å². The van der Waals surface area contributed by atoms with E-state index in [0.717, 1.165) is 83.6 Å². The van der Waals surface area contributed by atoms with Gasteiger partial charge in [-0.2, -0.15) is 0 Å². The maximum atomic E-state index is 5.24. The molecule has 0 fully saturated rings. The van der Waals surface area contributed by atoms with E-state index >= 15 is 0 Å². The second-order valence-electron chi connectivity index (χ2n) is 13.2. The number of aromatic nitrogens is 5. The highest BCUT2D eigenvalue weighted by Crippen LogP contribution is 2.36. The van der Waals surface area contributed by atoms with Crippen molar-refractivity contribution in [2.75, 3.05) is 0 Å². The maximum absolute atomic E-state index is 5.24. The first-order valence-electron chi connectivity index (χ1n) is 17.7. The predicted octanol–water partition coefficient (Wildman–Crippen LogP) is 11.8. The highest BCUT2D eigenvalue weighted by atomic mass is 15.1. The molecule has 0 saturated heterocycles. The van der Waals surface area contributed by atoms with Crippen LogP contribution in [0.4, 0.5) is 0 Å². The lowest BCUT2D eigenvalue weighted by atomic mass is 9.97. The lowest BCUT2D eigenvalue weighted by molar-refractivity contribution is 1.18. The fourth-order valence-electron chi connectivity index (χ4n) is 7.21. The van der Waals surface area contributed by atoms with Crippen LogP contribution in [0, 0.1) is 0 Å². The van der Waals surface area contributed by atoms with E-state index in [2.05, 4.69) is 144 Å². The van der Waals surface area contributed by atoms with Crippen LogP contribution in [-0.4, -0.2) is 24.3 Å². The summed E-state index contributed by atoms with van der Waals surface area (Å²) in [6.07, 6.45) is 2.03. The Morgan fingerprint density at radius 1 is 0.340 bits per heavy atom. The van der Waals surface area contributed by atoms with Gasteiger partial charge >= 0.3 is 0 Å². The zero-order chi connectivity index (χ0) is 35.1. The van der Waals surface area contributed by atoms with Crippen LogP contribution in [0.1, 0.15) is 0 Å². The molecule has 5 nitrogen and oxygen atoms in total. The lowest BCUT2D eigenvalue weighted by Crippen LogP contribution is -1.96. The molecule has 4 aromatic heterocycles. The summed E-state index contributed by atoms with van der Waals surface area (Å²) in [5, 5.41) is 2.16. The van der Waals surface area contributed by atoms with Crippen molar-refractivity contribution >= 4 is 27.6 Å². The highest BCUT2D eigenvalue weighted by Gasteiger charge is 2.16. The molecule has 248 valence electrons. The monoisotopic (exact) mass is 677 g/mol. The quantitative estimate of drug-likeness (QED) is 0.176. The molecular weight excluding hydrogens is 647 g/mol. The van der Waals surface area contributed by atoms with Gasteiger partial charge in [0, 0.05) is 39.2 Å². The topological polar surface area (TPSA) is 56.0 Å². The summed E-state index contributed by atoms with van der Waals surface area (Å²) < 4.78 is 2.06. The van der Waals surface area contributed by atoms with Crippen molar-refractivity contribution in [3.05, 3.63) is 188 Å². The lowest BCUT2D eigenvalue weighted by Gasteiger charge is -2.12. The summed E-state index contributed by atoms with van der Waals surface area (Å²) in [6.45, 7) is 0. The van der Waals surface area contributed by atoms with Crippen LogP contribution in [-0.2, 0) is 0 Å².